The van der Waals surface area contributed by atoms with Gasteiger partial charge in [0.15, 0.2) is 5.65 Å². The van der Waals surface area contributed by atoms with E-state index < -0.39 is 0 Å². The van der Waals surface area contributed by atoms with Crippen molar-refractivity contribution in [2.24, 2.45) is 5.92 Å². The van der Waals surface area contributed by atoms with Crippen LogP contribution < -0.4 is 11.2 Å². The number of benzene rings is 2. The minimum atomic E-state index is -0.301. The Morgan fingerprint density at radius 3 is 2.33 bits per heavy atom. The van der Waals surface area contributed by atoms with Gasteiger partial charge in [-0.05, 0) is 47.5 Å². The summed E-state index contributed by atoms with van der Waals surface area (Å²) in [6.07, 6.45) is 3.44. The molecule has 3 heterocycles. The third-order valence-electron chi connectivity index (χ3n) is 7.35. The van der Waals surface area contributed by atoms with E-state index in [-0.39, 0.29) is 17.2 Å². The van der Waals surface area contributed by atoms with Crippen LogP contribution in [0.3, 0.4) is 0 Å². The monoisotopic (exact) mass is 524 g/mol. The summed E-state index contributed by atoms with van der Waals surface area (Å²) in [4.78, 5) is 34.3. The molecule has 8 nitrogen and oxygen atoms in total. The molecule has 8 heteroatoms. The fourth-order valence-electron chi connectivity index (χ4n) is 5.31. The second-order valence-corrected chi connectivity index (χ2v) is 10.3. The highest BCUT2D eigenvalue weighted by molar-refractivity contribution is 5.91. The molecule has 0 atom stereocenters. The maximum atomic E-state index is 14.1. The number of aromatic nitrogens is 5. The molecule has 202 valence electrons. The van der Waals surface area contributed by atoms with E-state index in [9.17, 15) is 9.59 Å². The van der Waals surface area contributed by atoms with E-state index in [2.05, 4.69) is 61.8 Å². The summed E-state index contributed by atoms with van der Waals surface area (Å²) in [5, 5.41) is 7.72. The lowest BCUT2D eigenvalue weighted by Crippen LogP contribution is -2.43. The van der Waals surface area contributed by atoms with E-state index >= 15 is 0 Å². The van der Waals surface area contributed by atoms with Crippen LogP contribution in [-0.2, 0) is 19.6 Å². The van der Waals surface area contributed by atoms with Crippen molar-refractivity contribution < 1.29 is 0 Å². The van der Waals surface area contributed by atoms with Gasteiger partial charge in [-0.1, -0.05) is 70.2 Å². The number of nitrogens with zero attached hydrogens (tertiary/aromatic N) is 6. The predicted octanol–water partition coefficient (Wildman–Crippen LogP) is 4.62. The van der Waals surface area contributed by atoms with Crippen LogP contribution in [0.4, 0.5) is 0 Å². The molecule has 0 radical (unpaired) electrons. The normalized spacial score (nSPS) is 11.8. The van der Waals surface area contributed by atoms with Crippen LogP contribution >= 0.6 is 0 Å². The first-order valence-corrected chi connectivity index (χ1v) is 13.8. The first kappa shape index (κ1) is 26.6. The van der Waals surface area contributed by atoms with Crippen LogP contribution in [0.15, 0.2) is 76.6 Å². The van der Waals surface area contributed by atoms with E-state index in [1.807, 2.05) is 35.0 Å². The summed E-state index contributed by atoms with van der Waals surface area (Å²) in [6.45, 7) is 11.9. The summed E-state index contributed by atoms with van der Waals surface area (Å²) in [5.41, 5.74) is 2.48. The van der Waals surface area contributed by atoms with E-state index in [1.165, 1.54) is 4.57 Å². The first-order chi connectivity index (χ1) is 18.9. The number of hydrogen-bond acceptors (Lipinski definition) is 5. The second-order valence-electron chi connectivity index (χ2n) is 10.3. The number of fused-ring (bicyclic) bond motifs is 2. The van der Waals surface area contributed by atoms with Gasteiger partial charge in [-0.25, -0.2) is 4.79 Å². The minimum absolute atomic E-state index is 0.201. The minimum Gasteiger partial charge on any atom is -0.302 e. The molecular weight excluding hydrogens is 488 g/mol. The number of hydrogen-bond donors (Lipinski definition) is 0. The third kappa shape index (κ3) is 5.16. The molecule has 0 N–H and O–H groups in total. The summed E-state index contributed by atoms with van der Waals surface area (Å²) in [6, 6.07) is 18.3. The van der Waals surface area contributed by atoms with Crippen LogP contribution in [0.25, 0.3) is 33.1 Å². The summed E-state index contributed by atoms with van der Waals surface area (Å²) in [5.74, 6) is 0.201. The molecule has 3 aromatic heterocycles. The lowest BCUT2D eigenvalue weighted by atomic mass is 10.0. The standard InChI is InChI=1S/C31H36N6O2/c1-5-34(6-2)18-19-35-30(38)27-28(24-14-16-32-17-15-24)37(33-29(27)36(31(35)39)20-22(3)4)21-25-12-9-11-23-10-7-8-13-26(23)25/h7-17,22H,5-6,18-21H2,1-4H3. The molecule has 0 aliphatic heterocycles. The van der Waals surface area contributed by atoms with Gasteiger partial charge < -0.3 is 4.90 Å². The molecule has 0 spiro atoms. The van der Waals surface area contributed by atoms with Gasteiger partial charge in [-0.3, -0.25) is 23.6 Å². The zero-order chi connectivity index (χ0) is 27.5. The van der Waals surface area contributed by atoms with Gasteiger partial charge >= 0.3 is 5.69 Å². The molecule has 0 saturated heterocycles. The molecule has 0 fully saturated rings. The van der Waals surface area contributed by atoms with E-state index in [1.54, 1.807) is 17.0 Å². The highest BCUT2D eigenvalue weighted by Gasteiger charge is 2.24. The molecule has 0 bridgehead atoms. The predicted molar refractivity (Wildman–Crippen MR) is 157 cm³/mol. The topological polar surface area (TPSA) is 78.0 Å². The van der Waals surface area contributed by atoms with Crippen molar-refractivity contribution >= 4 is 21.8 Å². The van der Waals surface area contributed by atoms with Crippen LogP contribution in [-0.4, -0.2) is 48.4 Å². The van der Waals surface area contributed by atoms with Gasteiger partial charge in [-0.15, -0.1) is 0 Å². The van der Waals surface area contributed by atoms with Gasteiger partial charge in [-0.2, -0.15) is 5.10 Å². The molecule has 0 aliphatic carbocycles. The van der Waals surface area contributed by atoms with Crippen molar-refractivity contribution in [1.82, 2.24) is 28.8 Å². The molecule has 2 aromatic carbocycles. The van der Waals surface area contributed by atoms with Crippen molar-refractivity contribution in [3.63, 3.8) is 0 Å². The molecule has 5 rings (SSSR count). The van der Waals surface area contributed by atoms with E-state index in [4.69, 9.17) is 5.10 Å². The van der Waals surface area contributed by atoms with Crippen LogP contribution in [0.2, 0.25) is 0 Å². The van der Waals surface area contributed by atoms with E-state index in [0.717, 1.165) is 35.0 Å². The maximum absolute atomic E-state index is 14.1. The van der Waals surface area contributed by atoms with Crippen LogP contribution in [0.1, 0.15) is 33.3 Å². The summed E-state index contributed by atoms with van der Waals surface area (Å²) < 4.78 is 4.97. The Labute approximate surface area is 228 Å². The van der Waals surface area contributed by atoms with Crippen molar-refractivity contribution in [3.8, 4) is 11.3 Å². The van der Waals surface area contributed by atoms with Gasteiger partial charge in [0.05, 0.1) is 12.2 Å². The molecule has 5 aromatic rings. The SMILES string of the molecule is CCN(CC)CCn1c(=O)c2c(-c3ccncc3)n(Cc3cccc4ccccc34)nc2n(CC(C)C)c1=O. The third-order valence-corrected chi connectivity index (χ3v) is 7.35. The zero-order valence-corrected chi connectivity index (χ0v) is 23.2. The van der Waals surface area contributed by atoms with Gasteiger partial charge in [0.1, 0.15) is 5.39 Å². The Morgan fingerprint density at radius 1 is 0.897 bits per heavy atom. The number of rotatable bonds is 10. The lowest BCUT2D eigenvalue weighted by molar-refractivity contribution is 0.285. The molecule has 0 amide bonds. The zero-order valence-electron chi connectivity index (χ0n) is 23.2. The average Bonchev–Trinajstić information content (AvgIpc) is 3.33. The van der Waals surface area contributed by atoms with Crippen molar-refractivity contribution in [1.29, 1.82) is 0 Å². The van der Waals surface area contributed by atoms with Crippen molar-refractivity contribution in [2.75, 3.05) is 19.6 Å². The first-order valence-electron chi connectivity index (χ1n) is 13.8. The van der Waals surface area contributed by atoms with Crippen molar-refractivity contribution in [2.45, 2.75) is 47.3 Å². The molecule has 0 aliphatic rings. The quantitative estimate of drug-likeness (QED) is 0.266. The molecule has 0 saturated carbocycles. The van der Waals surface area contributed by atoms with Crippen molar-refractivity contribution in [3.05, 3.63) is 93.4 Å². The Morgan fingerprint density at radius 2 is 1.62 bits per heavy atom. The van der Waals surface area contributed by atoms with E-state index in [0.29, 0.717) is 42.9 Å². The largest absolute Gasteiger partial charge is 0.332 e. The Balaban J connectivity index is 1.78. The molecule has 39 heavy (non-hydrogen) atoms. The highest BCUT2D eigenvalue weighted by Crippen LogP contribution is 2.28. The Bertz CT molecular complexity index is 1710. The van der Waals surface area contributed by atoms with Crippen LogP contribution in [0.5, 0.6) is 0 Å². The van der Waals surface area contributed by atoms with Gasteiger partial charge in [0.2, 0.25) is 0 Å². The fourth-order valence-corrected chi connectivity index (χ4v) is 5.31. The summed E-state index contributed by atoms with van der Waals surface area (Å²) >= 11 is 0. The highest BCUT2D eigenvalue weighted by atomic mass is 16.2. The maximum Gasteiger partial charge on any atom is 0.332 e. The second kappa shape index (κ2) is 11.4. The molecular formula is C31H36N6O2. The Kier molecular flexibility index (Phi) is 7.74. The van der Waals surface area contributed by atoms with Gasteiger partial charge in [0, 0.05) is 37.6 Å². The van der Waals surface area contributed by atoms with Crippen LogP contribution in [0, 0.1) is 5.92 Å². The Hall–Kier alpha value is -4.04. The summed E-state index contributed by atoms with van der Waals surface area (Å²) in [7, 11) is 0. The van der Waals surface area contributed by atoms with Gasteiger partial charge in [0.25, 0.3) is 5.56 Å². The fraction of sp³-hybridized carbons (Fsp3) is 0.355. The average molecular weight is 525 g/mol. The molecule has 0 unspecified atom stereocenters. The lowest BCUT2D eigenvalue weighted by Gasteiger charge is -2.19. The smallest absolute Gasteiger partial charge is 0.302 e. The number of likely N-dealkylation sites (N-methyl/N-ethyl adjacent to an activating group) is 1. The number of pyridine rings is 1.